The second kappa shape index (κ2) is 9.98. The molecule has 2 atom stereocenters. The smallest absolute Gasteiger partial charge is 0.233 e. The predicted octanol–water partition coefficient (Wildman–Crippen LogP) is 4.19. The monoisotopic (exact) mass is 420 g/mol. The average molecular weight is 421 g/mol. The van der Waals surface area contributed by atoms with Crippen molar-refractivity contribution in [2.45, 2.75) is 37.8 Å². The van der Waals surface area contributed by atoms with Crippen LogP contribution in [0.4, 0.5) is 5.69 Å². The first-order chi connectivity index (χ1) is 13.2. The second-order valence-corrected chi connectivity index (χ2v) is 10.1. The van der Waals surface area contributed by atoms with Gasteiger partial charge in [-0.05, 0) is 36.1 Å². The highest BCUT2D eigenvalue weighted by molar-refractivity contribution is 7.99. The zero-order valence-corrected chi connectivity index (χ0v) is 18.3. The summed E-state index contributed by atoms with van der Waals surface area (Å²) < 4.78 is 25.3. The maximum Gasteiger partial charge on any atom is 0.233 e. The summed E-state index contributed by atoms with van der Waals surface area (Å²) in [7, 11) is -3.34. The summed E-state index contributed by atoms with van der Waals surface area (Å²) in [4.78, 5) is 12.9. The average Bonchev–Trinajstić information content (AvgIpc) is 2.61. The van der Waals surface area contributed by atoms with Gasteiger partial charge in [-0.15, -0.1) is 11.8 Å². The first-order valence-electron chi connectivity index (χ1n) is 9.19. The van der Waals surface area contributed by atoms with Gasteiger partial charge in [0.1, 0.15) is 0 Å². The molecule has 1 amide bonds. The van der Waals surface area contributed by atoms with Gasteiger partial charge in [0.25, 0.3) is 0 Å². The molecule has 0 fully saturated rings. The first-order valence-corrected chi connectivity index (χ1v) is 12.1. The molecule has 0 aliphatic heterocycles. The lowest BCUT2D eigenvalue weighted by Gasteiger charge is -2.23. The van der Waals surface area contributed by atoms with Gasteiger partial charge in [-0.3, -0.25) is 9.52 Å². The van der Waals surface area contributed by atoms with Gasteiger partial charge in [0.15, 0.2) is 0 Å². The van der Waals surface area contributed by atoms with Crippen LogP contribution >= 0.6 is 11.8 Å². The van der Waals surface area contributed by atoms with Gasteiger partial charge in [0.2, 0.25) is 15.9 Å². The summed E-state index contributed by atoms with van der Waals surface area (Å²) in [6.07, 6.45) is 1.11. The minimum Gasteiger partial charge on any atom is -0.349 e. The number of nitrogens with one attached hydrogen (secondary N) is 2. The number of carbonyl (C=O) groups is 1. The maximum atomic E-state index is 12.9. The fourth-order valence-electron chi connectivity index (χ4n) is 2.80. The van der Waals surface area contributed by atoms with Gasteiger partial charge in [0, 0.05) is 11.4 Å². The van der Waals surface area contributed by atoms with Gasteiger partial charge in [-0.1, -0.05) is 56.3 Å². The summed E-state index contributed by atoms with van der Waals surface area (Å²) in [5, 5.41) is 2.90. The molecular weight excluding hydrogens is 392 g/mol. The van der Waals surface area contributed by atoms with Crippen molar-refractivity contribution in [3.05, 3.63) is 65.7 Å². The molecule has 0 spiro atoms. The van der Waals surface area contributed by atoms with Crippen molar-refractivity contribution in [2.24, 2.45) is 5.92 Å². The Hall–Kier alpha value is -1.99. The predicted molar refractivity (Wildman–Crippen MR) is 118 cm³/mol. The Bertz CT molecular complexity index is 884. The number of anilines is 1. The normalized spacial score (nSPS) is 13.8. The molecule has 2 rings (SSSR count). The quantitative estimate of drug-likeness (QED) is 0.638. The Morgan fingerprint density at radius 3 is 2.32 bits per heavy atom. The van der Waals surface area contributed by atoms with Gasteiger partial charge in [0.05, 0.1) is 17.5 Å². The van der Waals surface area contributed by atoms with Crippen LogP contribution in [-0.2, 0) is 20.6 Å². The number of hydrogen-bond donors (Lipinski definition) is 2. The molecule has 0 saturated heterocycles. The summed E-state index contributed by atoms with van der Waals surface area (Å²) in [6.45, 7) is 5.99. The SMILES string of the molecule is CC(NC(=O)C(SCc1ccccc1)C(C)C)c1cccc(NS(C)(=O)=O)c1. The summed E-state index contributed by atoms with van der Waals surface area (Å²) in [5.41, 5.74) is 2.52. The van der Waals surface area contributed by atoms with E-state index >= 15 is 0 Å². The first kappa shape index (κ1) is 22.3. The molecule has 0 saturated carbocycles. The molecule has 152 valence electrons. The second-order valence-electron chi connectivity index (χ2n) is 7.19. The van der Waals surface area contributed by atoms with Crippen molar-refractivity contribution in [2.75, 3.05) is 11.0 Å². The van der Waals surface area contributed by atoms with Crippen molar-refractivity contribution in [3.63, 3.8) is 0 Å². The molecule has 0 aliphatic carbocycles. The van der Waals surface area contributed by atoms with E-state index in [0.717, 1.165) is 17.6 Å². The molecule has 7 heteroatoms. The molecule has 2 aromatic carbocycles. The summed E-state index contributed by atoms with van der Waals surface area (Å²) in [6, 6.07) is 17.0. The van der Waals surface area contributed by atoms with Crippen LogP contribution in [0.5, 0.6) is 0 Å². The van der Waals surface area contributed by atoms with E-state index < -0.39 is 10.0 Å². The van der Waals surface area contributed by atoms with Crippen LogP contribution < -0.4 is 10.0 Å². The minimum absolute atomic E-state index is 0.00935. The van der Waals surface area contributed by atoms with Crippen LogP contribution in [0.15, 0.2) is 54.6 Å². The standard InChI is InChI=1S/C21H28N2O3S2/c1-15(2)20(27-14-17-9-6-5-7-10-17)21(24)22-16(3)18-11-8-12-19(13-18)23-28(4,25)26/h5-13,15-16,20,23H,14H2,1-4H3,(H,22,24). The highest BCUT2D eigenvalue weighted by Gasteiger charge is 2.24. The van der Waals surface area contributed by atoms with E-state index in [1.165, 1.54) is 5.56 Å². The number of thioether (sulfide) groups is 1. The van der Waals surface area contributed by atoms with Crippen molar-refractivity contribution < 1.29 is 13.2 Å². The van der Waals surface area contributed by atoms with Crippen molar-refractivity contribution in [1.82, 2.24) is 5.32 Å². The number of amides is 1. The molecule has 0 aliphatic rings. The number of rotatable bonds is 9. The minimum atomic E-state index is -3.34. The topological polar surface area (TPSA) is 75.3 Å². The molecule has 0 bridgehead atoms. The van der Waals surface area contributed by atoms with Crippen LogP contribution in [-0.4, -0.2) is 25.8 Å². The van der Waals surface area contributed by atoms with Crippen molar-refractivity contribution in [1.29, 1.82) is 0 Å². The van der Waals surface area contributed by atoms with E-state index in [1.54, 1.807) is 30.0 Å². The van der Waals surface area contributed by atoms with Gasteiger partial charge < -0.3 is 5.32 Å². The van der Waals surface area contributed by atoms with E-state index in [4.69, 9.17) is 0 Å². The Balaban J connectivity index is 2.03. The third kappa shape index (κ3) is 7.20. The summed E-state index contributed by atoms with van der Waals surface area (Å²) >= 11 is 1.64. The van der Waals surface area contributed by atoms with Crippen LogP contribution in [0, 0.1) is 5.92 Å². The molecule has 2 aromatic rings. The zero-order chi connectivity index (χ0) is 20.7. The molecule has 5 nitrogen and oxygen atoms in total. The summed E-state index contributed by atoms with van der Waals surface area (Å²) in [5.74, 6) is 0.961. The van der Waals surface area contributed by atoms with Gasteiger partial charge >= 0.3 is 0 Å². The Morgan fingerprint density at radius 1 is 1.04 bits per heavy atom. The fourth-order valence-corrected chi connectivity index (χ4v) is 4.52. The maximum absolute atomic E-state index is 12.9. The number of sulfonamides is 1. The fraction of sp³-hybridized carbons (Fsp3) is 0.381. The van der Waals surface area contributed by atoms with Crippen molar-refractivity contribution in [3.8, 4) is 0 Å². The van der Waals surface area contributed by atoms with E-state index in [9.17, 15) is 13.2 Å². The largest absolute Gasteiger partial charge is 0.349 e. The van der Waals surface area contributed by atoms with E-state index in [-0.39, 0.29) is 23.1 Å². The third-order valence-electron chi connectivity index (χ3n) is 4.18. The molecular formula is C21H28N2O3S2. The Morgan fingerprint density at radius 2 is 1.71 bits per heavy atom. The highest BCUT2D eigenvalue weighted by atomic mass is 32.2. The lowest BCUT2D eigenvalue weighted by Crippen LogP contribution is -2.37. The number of hydrogen-bond acceptors (Lipinski definition) is 4. The third-order valence-corrected chi connectivity index (χ3v) is 6.41. The van der Waals surface area contributed by atoms with E-state index in [0.29, 0.717) is 5.69 Å². The molecule has 2 N–H and O–H groups in total. The van der Waals surface area contributed by atoms with Gasteiger partial charge in [-0.2, -0.15) is 0 Å². The molecule has 28 heavy (non-hydrogen) atoms. The van der Waals surface area contributed by atoms with Crippen LogP contribution in [0.25, 0.3) is 0 Å². The van der Waals surface area contributed by atoms with Crippen molar-refractivity contribution >= 4 is 33.4 Å². The molecule has 0 heterocycles. The van der Waals surface area contributed by atoms with E-state index in [1.807, 2.05) is 45.0 Å². The van der Waals surface area contributed by atoms with Gasteiger partial charge in [-0.25, -0.2) is 8.42 Å². The molecule has 2 unspecified atom stereocenters. The zero-order valence-electron chi connectivity index (χ0n) is 16.7. The Labute approximate surface area is 172 Å². The lowest BCUT2D eigenvalue weighted by atomic mass is 10.1. The Kier molecular flexibility index (Phi) is 7.95. The van der Waals surface area contributed by atoms with Crippen LogP contribution in [0.3, 0.4) is 0 Å². The highest BCUT2D eigenvalue weighted by Crippen LogP contribution is 2.25. The van der Waals surface area contributed by atoms with Crippen LogP contribution in [0.1, 0.15) is 37.9 Å². The van der Waals surface area contributed by atoms with Crippen LogP contribution in [0.2, 0.25) is 0 Å². The molecule has 0 aromatic heterocycles. The number of carbonyl (C=O) groups excluding carboxylic acids is 1. The number of benzene rings is 2. The lowest BCUT2D eigenvalue weighted by molar-refractivity contribution is -0.121. The molecule has 0 radical (unpaired) electrons. The van der Waals surface area contributed by atoms with E-state index in [2.05, 4.69) is 22.2 Å².